The molecule has 26 heavy (non-hydrogen) atoms. The number of hydrogen-bond donors (Lipinski definition) is 2. The van der Waals surface area contributed by atoms with Crippen LogP contribution in [-0.4, -0.2) is 30.2 Å². The van der Waals surface area contributed by atoms with Crippen LogP contribution in [0.5, 0.6) is 0 Å². The van der Waals surface area contributed by atoms with E-state index in [4.69, 9.17) is 4.42 Å². The molecule has 0 aliphatic heterocycles. The summed E-state index contributed by atoms with van der Waals surface area (Å²) in [5.74, 6) is -0.285. The van der Waals surface area contributed by atoms with Crippen molar-refractivity contribution in [3.63, 3.8) is 0 Å². The van der Waals surface area contributed by atoms with E-state index in [1.165, 1.54) is 0 Å². The van der Waals surface area contributed by atoms with Crippen molar-refractivity contribution in [3.8, 4) is 0 Å². The van der Waals surface area contributed by atoms with Crippen LogP contribution < -0.4 is 10.6 Å². The van der Waals surface area contributed by atoms with E-state index < -0.39 is 11.9 Å². The van der Waals surface area contributed by atoms with E-state index in [1.54, 1.807) is 13.8 Å². The van der Waals surface area contributed by atoms with Gasteiger partial charge in [-0.3, -0.25) is 9.59 Å². The molecule has 2 amide bonds. The van der Waals surface area contributed by atoms with Crippen molar-refractivity contribution < 1.29 is 18.8 Å². The second kappa shape index (κ2) is 8.65. The van der Waals surface area contributed by atoms with Gasteiger partial charge >= 0.3 is 0 Å². The highest BCUT2D eigenvalue weighted by Crippen LogP contribution is 2.26. The highest BCUT2D eigenvalue weighted by molar-refractivity contribution is 6.01. The molecule has 1 heterocycles. The molecule has 0 spiro atoms. The third-order valence-corrected chi connectivity index (χ3v) is 4.26. The number of amides is 2. The van der Waals surface area contributed by atoms with Crippen LogP contribution in [0, 0.1) is 6.92 Å². The van der Waals surface area contributed by atoms with E-state index in [0.29, 0.717) is 25.0 Å². The molecule has 0 aliphatic rings. The number of furan rings is 1. The highest BCUT2D eigenvalue weighted by atomic mass is 16.3. The maximum absolute atomic E-state index is 12.5. The molecule has 2 N–H and O–H groups in total. The molecule has 0 aliphatic carbocycles. The van der Waals surface area contributed by atoms with Crippen LogP contribution in [0.15, 0.2) is 22.6 Å². The number of rotatable bonds is 8. The third-order valence-electron chi connectivity index (χ3n) is 4.26. The summed E-state index contributed by atoms with van der Waals surface area (Å²) in [4.78, 5) is 35.6. The average molecular weight is 358 g/mol. The summed E-state index contributed by atoms with van der Waals surface area (Å²) in [5, 5.41) is 6.27. The fraction of sp³-hybridized carbons (Fsp3) is 0.450. The SMILES string of the molecule is CCCNC(=O)[C@@H](C)NC(=O)c1oc2ccc(CCC(C)=O)cc2c1C. The van der Waals surface area contributed by atoms with Gasteiger partial charge in [-0.05, 0) is 51.3 Å². The van der Waals surface area contributed by atoms with Gasteiger partial charge in [-0.25, -0.2) is 0 Å². The number of carbonyl (C=O) groups excluding carboxylic acids is 3. The predicted molar refractivity (Wildman–Crippen MR) is 100 cm³/mol. The Morgan fingerprint density at radius 2 is 1.96 bits per heavy atom. The molecule has 6 heteroatoms. The van der Waals surface area contributed by atoms with Crippen molar-refractivity contribution in [2.75, 3.05) is 6.54 Å². The fourth-order valence-electron chi connectivity index (χ4n) is 2.69. The van der Waals surface area contributed by atoms with E-state index in [2.05, 4.69) is 10.6 Å². The molecule has 1 aromatic carbocycles. The smallest absolute Gasteiger partial charge is 0.287 e. The van der Waals surface area contributed by atoms with Gasteiger partial charge in [0.25, 0.3) is 5.91 Å². The van der Waals surface area contributed by atoms with Gasteiger partial charge in [-0.1, -0.05) is 13.0 Å². The summed E-state index contributed by atoms with van der Waals surface area (Å²) < 4.78 is 5.69. The van der Waals surface area contributed by atoms with Gasteiger partial charge in [-0.2, -0.15) is 0 Å². The van der Waals surface area contributed by atoms with Gasteiger partial charge in [0.15, 0.2) is 5.76 Å². The molecular formula is C20H26N2O4. The monoisotopic (exact) mass is 358 g/mol. The number of benzene rings is 1. The first kappa shape index (κ1) is 19.7. The third kappa shape index (κ3) is 4.71. The Morgan fingerprint density at radius 1 is 1.23 bits per heavy atom. The van der Waals surface area contributed by atoms with Gasteiger partial charge in [0.2, 0.25) is 5.91 Å². The molecule has 2 aromatic rings. The first-order valence-corrected chi connectivity index (χ1v) is 8.93. The van der Waals surface area contributed by atoms with E-state index >= 15 is 0 Å². The average Bonchev–Trinajstić information content (AvgIpc) is 2.94. The zero-order chi connectivity index (χ0) is 19.3. The fourth-order valence-corrected chi connectivity index (χ4v) is 2.69. The summed E-state index contributed by atoms with van der Waals surface area (Å²) in [7, 11) is 0. The second-order valence-electron chi connectivity index (χ2n) is 6.57. The first-order valence-electron chi connectivity index (χ1n) is 8.93. The normalized spacial score (nSPS) is 12.0. The number of hydrogen-bond acceptors (Lipinski definition) is 4. The lowest BCUT2D eigenvalue weighted by atomic mass is 10.0. The summed E-state index contributed by atoms with van der Waals surface area (Å²) in [6.45, 7) is 7.57. The van der Waals surface area contributed by atoms with Crippen LogP contribution in [-0.2, 0) is 16.0 Å². The van der Waals surface area contributed by atoms with Crippen LogP contribution in [0.3, 0.4) is 0 Å². The minimum absolute atomic E-state index is 0.143. The molecule has 0 radical (unpaired) electrons. The number of carbonyl (C=O) groups is 3. The van der Waals surface area contributed by atoms with E-state index in [9.17, 15) is 14.4 Å². The maximum Gasteiger partial charge on any atom is 0.287 e. The second-order valence-corrected chi connectivity index (χ2v) is 6.57. The molecule has 0 saturated heterocycles. The summed E-state index contributed by atoms with van der Waals surface area (Å²) in [6, 6.07) is 5.02. The van der Waals surface area contributed by atoms with Gasteiger partial charge in [0.1, 0.15) is 17.4 Å². The Bertz CT molecular complexity index is 823. The molecule has 1 atom stereocenters. The maximum atomic E-state index is 12.5. The number of fused-ring (bicyclic) bond motifs is 1. The minimum Gasteiger partial charge on any atom is -0.451 e. The van der Waals surface area contributed by atoms with Crippen LogP contribution in [0.2, 0.25) is 0 Å². The summed E-state index contributed by atoms with van der Waals surface area (Å²) >= 11 is 0. The number of aryl methyl sites for hydroxylation is 2. The summed E-state index contributed by atoms with van der Waals surface area (Å²) in [5.41, 5.74) is 2.36. The lowest BCUT2D eigenvalue weighted by molar-refractivity contribution is -0.122. The molecule has 1 aromatic heterocycles. The van der Waals surface area contributed by atoms with Gasteiger partial charge in [0, 0.05) is 23.9 Å². The quantitative estimate of drug-likeness (QED) is 0.759. The van der Waals surface area contributed by atoms with Crippen molar-refractivity contribution in [2.24, 2.45) is 0 Å². The van der Waals surface area contributed by atoms with Crippen LogP contribution in [0.1, 0.15) is 55.3 Å². The molecule has 0 fully saturated rings. The predicted octanol–water partition coefficient (Wildman–Crippen LogP) is 2.91. The topological polar surface area (TPSA) is 88.4 Å². The standard InChI is InChI=1S/C20H26N2O4/c1-5-10-21-19(24)14(4)22-20(25)18-13(3)16-11-15(7-6-12(2)23)8-9-17(16)26-18/h8-9,11,14H,5-7,10H2,1-4H3,(H,21,24)(H,22,25)/t14-/m1/s1. The number of nitrogens with one attached hydrogen (secondary N) is 2. The van der Waals surface area contributed by atoms with E-state index in [1.807, 2.05) is 32.0 Å². The first-order chi connectivity index (χ1) is 12.3. The van der Waals surface area contributed by atoms with Gasteiger partial charge in [-0.15, -0.1) is 0 Å². The lowest BCUT2D eigenvalue weighted by Crippen LogP contribution is -2.45. The van der Waals surface area contributed by atoms with Crippen molar-refractivity contribution in [1.29, 1.82) is 0 Å². The Hall–Kier alpha value is -2.63. The molecule has 140 valence electrons. The Morgan fingerprint density at radius 3 is 2.62 bits per heavy atom. The Kier molecular flexibility index (Phi) is 6.55. The molecular weight excluding hydrogens is 332 g/mol. The van der Waals surface area contributed by atoms with Crippen LogP contribution >= 0.6 is 0 Å². The molecule has 0 bridgehead atoms. The van der Waals surface area contributed by atoms with Crippen LogP contribution in [0.25, 0.3) is 11.0 Å². The molecule has 2 rings (SSSR count). The minimum atomic E-state index is -0.646. The zero-order valence-corrected chi connectivity index (χ0v) is 15.8. The van der Waals surface area contributed by atoms with Crippen molar-refractivity contribution in [2.45, 2.75) is 53.0 Å². The largest absolute Gasteiger partial charge is 0.451 e. The van der Waals surface area contributed by atoms with Gasteiger partial charge in [0.05, 0.1) is 0 Å². The number of ketones is 1. The Balaban J connectivity index is 2.16. The van der Waals surface area contributed by atoms with Crippen molar-refractivity contribution in [1.82, 2.24) is 10.6 Å². The summed E-state index contributed by atoms with van der Waals surface area (Å²) in [6.07, 6.45) is 1.98. The molecule has 6 nitrogen and oxygen atoms in total. The van der Waals surface area contributed by atoms with E-state index in [-0.39, 0.29) is 17.5 Å². The van der Waals surface area contributed by atoms with Crippen molar-refractivity contribution >= 4 is 28.6 Å². The number of Topliss-reactive ketones (excluding diaryl/α,β-unsaturated/α-hetero) is 1. The van der Waals surface area contributed by atoms with Crippen molar-refractivity contribution in [3.05, 3.63) is 35.1 Å². The molecule has 0 unspecified atom stereocenters. The molecule has 0 saturated carbocycles. The zero-order valence-electron chi connectivity index (χ0n) is 15.8. The van der Waals surface area contributed by atoms with E-state index in [0.717, 1.165) is 22.9 Å². The Labute approximate surface area is 153 Å². The highest BCUT2D eigenvalue weighted by Gasteiger charge is 2.22. The van der Waals surface area contributed by atoms with Crippen LogP contribution in [0.4, 0.5) is 0 Å². The lowest BCUT2D eigenvalue weighted by Gasteiger charge is -2.13. The van der Waals surface area contributed by atoms with Gasteiger partial charge < -0.3 is 19.8 Å².